The first-order chi connectivity index (χ1) is 34.7. The molecule has 0 N–H and O–H groups in total. The number of hydrogen-bond donors (Lipinski definition) is 0. The van der Waals surface area contributed by atoms with E-state index in [1.807, 2.05) is 195 Å². The molecule has 0 amide bonds. The average Bonchev–Trinajstić information content (AvgIpc) is 3.45. The van der Waals surface area contributed by atoms with Crippen molar-refractivity contribution in [2.24, 2.45) is 0 Å². The highest BCUT2D eigenvalue weighted by molar-refractivity contribution is 5.96. The molecular formula is C60H40N10. The highest BCUT2D eigenvalue weighted by atomic mass is 15.1. The van der Waals surface area contributed by atoms with Crippen molar-refractivity contribution in [1.29, 1.82) is 0 Å². The first-order valence-electron chi connectivity index (χ1n) is 22.7. The van der Waals surface area contributed by atoms with Gasteiger partial charge in [-0.1, -0.05) is 152 Å². The van der Waals surface area contributed by atoms with Crippen molar-refractivity contribution in [3.8, 4) is 34.3 Å². The van der Waals surface area contributed by atoms with Gasteiger partial charge in [0.2, 0.25) is 0 Å². The van der Waals surface area contributed by atoms with Gasteiger partial charge in [0.25, 0.3) is 0 Å². The number of aromatic nitrogens is 10. The van der Waals surface area contributed by atoms with E-state index >= 15 is 0 Å². The van der Waals surface area contributed by atoms with Gasteiger partial charge in [-0.25, -0.2) is 15.0 Å². The standard InChI is InChI=1S/C18H12N2.C17H11N3.C16H10N4.C9H7N/c1-3-7-15-13(5-1)11-12-19-18(15)17-10-9-14-6-2-4-8-16(14)20-17;1-3-7-14-12(5-1)9-10-18-17(14)16-11-13-6-2-4-8-15(13)19-20-16;1-4-8-14-11(5-1)9-15(20-19-14)16-17-10-12-6-2-3-7-13(12)18-16;1-2-6-9-8(4-1)5-3-7-10-9/h1-12H;1-11H;1-10H;1-7H. The van der Waals surface area contributed by atoms with Crippen molar-refractivity contribution >= 4 is 76.1 Å². The lowest BCUT2D eigenvalue weighted by atomic mass is 10.1. The van der Waals surface area contributed by atoms with Crippen molar-refractivity contribution in [3.05, 3.63) is 243 Å². The zero-order chi connectivity index (χ0) is 46.9. The zero-order valence-electron chi connectivity index (χ0n) is 37.6. The predicted molar refractivity (Wildman–Crippen MR) is 283 cm³/mol. The molecule has 0 saturated heterocycles. The molecule has 7 aromatic carbocycles. The summed E-state index contributed by atoms with van der Waals surface area (Å²) in [5, 5.41) is 27.1. The third-order valence-electron chi connectivity index (χ3n) is 11.7. The van der Waals surface area contributed by atoms with E-state index in [0.29, 0.717) is 11.5 Å². The van der Waals surface area contributed by atoms with Gasteiger partial charge in [0, 0.05) is 62.5 Å². The molecule has 0 unspecified atom stereocenters. The number of hydrogen-bond acceptors (Lipinski definition) is 10. The van der Waals surface area contributed by atoms with Crippen LogP contribution in [0.5, 0.6) is 0 Å². The van der Waals surface area contributed by atoms with E-state index in [9.17, 15) is 0 Å². The Morgan fingerprint density at radius 2 is 0.700 bits per heavy atom. The molecule has 0 radical (unpaired) electrons. The van der Waals surface area contributed by atoms with Gasteiger partial charge >= 0.3 is 0 Å². The third kappa shape index (κ3) is 9.42. The van der Waals surface area contributed by atoms with E-state index < -0.39 is 0 Å². The van der Waals surface area contributed by atoms with Crippen LogP contribution in [0.4, 0.5) is 0 Å². The Hall–Kier alpha value is -9.80. The molecule has 0 saturated carbocycles. The van der Waals surface area contributed by atoms with Crippen molar-refractivity contribution in [2.45, 2.75) is 0 Å². The molecule has 10 nitrogen and oxygen atoms in total. The molecule has 0 aliphatic rings. The quantitative estimate of drug-likeness (QED) is 0.169. The molecule has 0 aliphatic carbocycles. The number of pyridine rings is 4. The summed E-state index contributed by atoms with van der Waals surface area (Å²) in [6.07, 6.45) is 7.28. The molecule has 14 rings (SSSR count). The summed E-state index contributed by atoms with van der Waals surface area (Å²) in [5.41, 5.74) is 8.97. The Balaban J connectivity index is 0.000000104. The van der Waals surface area contributed by atoms with E-state index in [-0.39, 0.29) is 0 Å². The van der Waals surface area contributed by atoms with E-state index in [1.165, 1.54) is 10.8 Å². The minimum absolute atomic E-state index is 0.599. The fraction of sp³-hybridized carbons (Fsp3) is 0. The van der Waals surface area contributed by atoms with Gasteiger partial charge in [-0.3, -0.25) is 15.0 Å². The number of benzene rings is 7. The van der Waals surface area contributed by atoms with Crippen LogP contribution in [0.15, 0.2) is 243 Å². The minimum Gasteiger partial charge on any atom is -0.256 e. The molecule has 14 aromatic rings. The van der Waals surface area contributed by atoms with Crippen LogP contribution in [0.25, 0.3) is 110 Å². The molecule has 7 aromatic heterocycles. The smallest absolute Gasteiger partial charge is 0.180 e. The van der Waals surface area contributed by atoms with Crippen LogP contribution in [0, 0.1) is 0 Å². The summed E-state index contributed by atoms with van der Waals surface area (Å²) in [6, 6.07) is 72.6. The molecular weight excluding hydrogens is 861 g/mol. The largest absolute Gasteiger partial charge is 0.256 e. The van der Waals surface area contributed by atoms with Gasteiger partial charge in [0.1, 0.15) is 11.4 Å². The van der Waals surface area contributed by atoms with Gasteiger partial charge in [-0.2, -0.15) is 0 Å². The Morgan fingerprint density at radius 1 is 0.243 bits per heavy atom. The minimum atomic E-state index is 0.599. The van der Waals surface area contributed by atoms with Gasteiger partial charge in [-0.15, -0.1) is 20.4 Å². The summed E-state index contributed by atoms with van der Waals surface area (Å²) in [6.45, 7) is 0. The van der Waals surface area contributed by atoms with E-state index in [4.69, 9.17) is 4.98 Å². The molecule has 0 fully saturated rings. The summed E-state index contributed by atoms with van der Waals surface area (Å²) in [7, 11) is 0. The van der Waals surface area contributed by atoms with Crippen LogP contribution in [0.1, 0.15) is 0 Å². The van der Waals surface area contributed by atoms with Crippen molar-refractivity contribution in [3.63, 3.8) is 0 Å². The Bertz CT molecular complexity index is 3810. The van der Waals surface area contributed by atoms with E-state index in [1.54, 1.807) is 0 Å². The highest BCUT2D eigenvalue weighted by Gasteiger charge is 2.10. The van der Waals surface area contributed by atoms with Crippen molar-refractivity contribution < 1.29 is 0 Å². The van der Waals surface area contributed by atoms with E-state index in [2.05, 4.69) is 93.8 Å². The van der Waals surface area contributed by atoms with Crippen LogP contribution < -0.4 is 0 Å². The fourth-order valence-corrected chi connectivity index (χ4v) is 8.15. The van der Waals surface area contributed by atoms with Gasteiger partial charge in [0.05, 0.1) is 44.7 Å². The number of nitrogens with zero attached hydrogens (tertiary/aromatic N) is 10. The lowest BCUT2D eigenvalue weighted by Gasteiger charge is -2.06. The van der Waals surface area contributed by atoms with Crippen LogP contribution in [0.3, 0.4) is 0 Å². The fourth-order valence-electron chi connectivity index (χ4n) is 8.15. The van der Waals surface area contributed by atoms with Gasteiger partial charge in [0.15, 0.2) is 5.82 Å². The second-order valence-corrected chi connectivity index (χ2v) is 16.2. The van der Waals surface area contributed by atoms with Crippen LogP contribution in [-0.2, 0) is 0 Å². The summed E-state index contributed by atoms with van der Waals surface area (Å²) < 4.78 is 0. The SMILES string of the molecule is c1ccc2nc(-c3nccc4ccccc34)ccc2c1.c1ccc2ncccc2c1.c1ccc2nnc(-c3ncc4ccccc4n3)cc2c1.c1ccc2nnc(-c3nccc4ccccc34)cc2c1. The molecule has 0 bridgehead atoms. The zero-order valence-corrected chi connectivity index (χ0v) is 37.6. The maximum absolute atomic E-state index is 4.73. The van der Waals surface area contributed by atoms with Gasteiger partial charge < -0.3 is 0 Å². The monoisotopic (exact) mass is 900 g/mol. The van der Waals surface area contributed by atoms with Crippen LogP contribution >= 0.6 is 0 Å². The molecule has 10 heteroatoms. The first-order valence-corrected chi connectivity index (χ1v) is 22.7. The van der Waals surface area contributed by atoms with Crippen molar-refractivity contribution in [1.82, 2.24) is 50.3 Å². The lowest BCUT2D eigenvalue weighted by molar-refractivity contribution is 1.05. The first kappa shape index (κ1) is 42.8. The molecule has 7 heterocycles. The number of rotatable bonds is 3. The summed E-state index contributed by atoms with van der Waals surface area (Å²) in [5.74, 6) is 0.599. The lowest BCUT2D eigenvalue weighted by Crippen LogP contribution is -1.94. The molecule has 0 spiro atoms. The Labute approximate surface area is 402 Å². The maximum Gasteiger partial charge on any atom is 0.180 e. The normalized spacial score (nSPS) is 10.9. The number of para-hydroxylation sites is 3. The highest BCUT2D eigenvalue weighted by Crippen LogP contribution is 2.28. The van der Waals surface area contributed by atoms with Crippen molar-refractivity contribution in [2.75, 3.05) is 0 Å². The molecule has 70 heavy (non-hydrogen) atoms. The summed E-state index contributed by atoms with van der Waals surface area (Å²) in [4.78, 5) is 26.8. The van der Waals surface area contributed by atoms with Crippen LogP contribution in [0.2, 0.25) is 0 Å². The maximum atomic E-state index is 4.73. The second-order valence-electron chi connectivity index (χ2n) is 16.2. The Morgan fingerprint density at radius 3 is 1.33 bits per heavy atom. The van der Waals surface area contributed by atoms with E-state index in [0.717, 1.165) is 88.1 Å². The predicted octanol–water partition coefficient (Wildman–Crippen LogP) is 13.8. The van der Waals surface area contributed by atoms with Gasteiger partial charge in [-0.05, 0) is 77.5 Å². The second kappa shape index (κ2) is 20.0. The molecule has 330 valence electrons. The third-order valence-corrected chi connectivity index (χ3v) is 11.7. The number of fused-ring (bicyclic) bond motifs is 7. The summed E-state index contributed by atoms with van der Waals surface area (Å²) >= 11 is 0. The Kier molecular flexibility index (Phi) is 12.2. The molecule has 0 aliphatic heterocycles. The molecule has 0 atom stereocenters. The average molecular weight is 901 g/mol. The van der Waals surface area contributed by atoms with Crippen LogP contribution in [-0.4, -0.2) is 50.3 Å². The topological polar surface area (TPSA) is 129 Å².